The van der Waals surface area contributed by atoms with E-state index in [0.717, 1.165) is 70.6 Å². The second kappa shape index (κ2) is 35.6. The van der Waals surface area contributed by atoms with Crippen molar-refractivity contribution in [3.05, 3.63) is 0 Å². The van der Waals surface area contributed by atoms with Crippen molar-refractivity contribution in [2.24, 2.45) is 0 Å². The van der Waals surface area contributed by atoms with Crippen LogP contribution in [0.3, 0.4) is 0 Å². The summed E-state index contributed by atoms with van der Waals surface area (Å²) in [6.45, 7) is 8.09. The second-order valence-electron chi connectivity index (χ2n) is 13.4. The summed E-state index contributed by atoms with van der Waals surface area (Å²) in [5.41, 5.74) is 0. The molecule has 1 amide bonds. The molecular formula is C39H77NO5. The number of hydrogen-bond donors (Lipinski definition) is 1. The Balaban J connectivity index is 4.09. The molecule has 1 N–H and O–H groups in total. The molecule has 45 heavy (non-hydrogen) atoms. The average molecular weight is 640 g/mol. The zero-order valence-electron chi connectivity index (χ0n) is 30.4. The first-order valence-electron chi connectivity index (χ1n) is 19.8. The molecule has 0 aromatic rings. The molecule has 6 heteroatoms. The van der Waals surface area contributed by atoms with Gasteiger partial charge in [0.1, 0.15) is 6.10 Å². The first-order chi connectivity index (χ1) is 22.1. The minimum atomic E-state index is -0.303. The molecule has 0 spiro atoms. The molecule has 0 atom stereocenters. The molecule has 0 saturated heterocycles. The van der Waals surface area contributed by atoms with Crippen LogP contribution in [0.1, 0.15) is 207 Å². The number of rotatable bonds is 35. The van der Waals surface area contributed by atoms with Crippen molar-refractivity contribution in [1.82, 2.24) is 4.90 Å². The predicted octanol–water partition coefficient (Wildman–Crippen LogP) is 11.7. The van der Waals surface area contributed by atoms with Gasteiger partial charge in [0, 0.05) is 19.5 Å². The van der Waals surface area contributed by atoms with E-state index >= 15 is 0 Å². The number of unbranched alkanes of at least 4 members (excludes halogenated alkanes) is 22. The zero-order valence-corrected chi connectivity index (χ0v) is 30.4. The maximum Gasteiger partial charge on any atom is 0.409 e. The first kappa shape index (κ1) is 43.7. The van der Waals surface area contributed by atoms with Gasteiger partial charge < -0.3 is 19.5 Å². The van der Waals surface area contributed by atoms with Crippen LogP contribution in [0.4, 0.5) is 4.79 Å². The molecule has 0 aliphatic heterocycles. The van der Waals surface area contributed by atoms with E-state index < -0.39 is 0 Å². The molecule has 0 bridgehead atoms. The van der Waals surface area contributed by atoms with Crippen LogP contribution >= 0.6 is 0 Å². The Bertz CT molecular complexity index is 613. The summed E-state index contributed by atoms with van der Waals surface area (Å²) in [7, 11) is 0. The minimum absolute atomic E-state index is 0.0270. The molecule has 0 aromatic carbocycles. The fourth-order valence-corrected chi connectivity index (χ4v) is 5.99. The van der Waals surface area contributed by atoms with E-state index in [0.29, 0.717) is 26.1 Å². The van der Waals surface area contributed by atoms with E-state index in [1.807, 2.05) is 0 Å². The number of esters is 1. The number of hydrogen-bond acceptors (Lipinski definition) is 5. The molecule has 0 aromatic heterocycles. The van der Waals surface area contributed by atoms with Crippen LogP contribution in [-0.4, -0.2) is 54.5 Å². The molecule has 0 fully saturated rings. The number of nitrogens with zero attached hydrogens (tertiary/aromatic N) is 1. The van der Waals surface area contributed by atoms with Gasteiger partial charge in [-0.15, -0.1) is 0 Å². The van der Waals surface area contributed by atoms with Gasteiger partial charge in [-0.3, -0.25) is 4.79 Å². The molecule has 0 rings (SSSR count). The van der Waals surface area contributed by atoms with Gasteiger partial charge in [-0.05, 0) is 44.9 Å². The Labute approximate surface area is 280 Å². The monoisotopic (exact) mass is 640 g/mol. The van der Waals surface area contributed by atoms with Crippen molar-refractivity contribution >= 4 is 12.1 Å². The lowest BCUT2D eigenvalue weighted by molar-refractivity contribution is -0.150. The summed E-state index contributed by atoms with van der Waals surface area (Å²) in [6.07, 6.45) is 33.5. The van der Waals surface area contributed by atoms with E-state index in [9.17, 15) is 14.7 Å². The summed E-state index contributed by atoms with van der Waals surface area (Å²) in [6, 6.07) is 0. The van der Waals surface area contributed by atoms with Crippen LogP contribution < -0.4 is 0 Å². The van der Waals surface area contributed by atoms with E-state index in [-0.39, 0.29) is 24.8 Å². The summed E-state index contributed by atoms with van der Waals surface area (Å²) in [4.78, 5) is 26.8. The van der Waals surface area contributed by atoms with Crippen LogP contribution in [0.25, 0.3) is 0 Å². The molecular weight excluding hydrogens is 562 g/mol. The minimum Gasteiger partial charge on any atom is -0.462 e. The van der Waals surface area contributed by atoms with Crippen LogP contribution in [0.15, 0.2) is 0 Å². The van der Waals surface area contributed by atoms with Crippen LogP contribution in [0.5, 0.6) is 0 Å². The van der Waals surface area contributed by atoms with E-state index in [2.05, 4.69) is 20.8 Å². The quantitative estimate of drug-likeness (QED) is 0.0551. The van der Waals surface area contributed by atoms with E-state index in [1.165, 1.54) is 109 Å². The summed E-state index contributed by atoms with van der Waals surface area (Å²) in [5.74, 6) is -0.0270. The number of carbonyl (C=O) groups is 2. The normalized spacial score (nSPS) is 11.3. The third-order valence-electron chi connectivity index (χ3n) is 8.97. The van der Waals surface area contributed by atoms with Gasteiger partial charge in [-0.25, -0.2) is 4.79 Å². The molecule has 6 nitrogen and oxygen atoms in total. The fraction of sp³-hybridized carbons (Fsp3) is 0.949. The van der Waals surface area contributed by atoms with Crippen molar-refractivity contribution in [3.63, 3.8) is 0 Å². The van der Waals surface area contributed by atoms with Gasteiger partial charge in [0.2, 0.25) is 0 Å². The summed E-state index contributed by atoms with van der Waals surface area (Å²) >= 11 is 0. The van der Waals surface area contributed by atoms with Gasteiger partial charge in [-0.1, -0.05) is 156 Å². The molecule has 0 radical (unpaired) electrons. The lowest BCUT2D eigenvalue weighted by Crippen LogP contribution is -2.35. The lowest BCUT2D eigenvalue weighted by Gasteiger charge is -2.21. The SMILES string of the molecule is CCCCCCCCCCCOC(=O)N(CCO)CCCCCCCC(=O)OC(CCCCCCCC)CCCCCCCC. The summed E-state index contributed by atoms with van der Waals surface area (Å²) < 4.78 is 11.5. The highest BCUT2D eigenvalue weighted by Crippen LogP contribution is 2.18. The molecule has 0 heterocycles. The Morgan fingerprint density at radius 3 is 1.44 bits per heavy atom. The molecule has 0 aliphatic carbocycles. The summed E-state index contributed by atoms with van der Waals surface area (Å²) in [5, 5.41) is 9.41. The van der Waals surface area contributed by atoms with Gasteiger partial charge in [0.05, 0.1) is 13.2 Å². The van der Waals surface area contributed by atoms with Crippen LogP contribution in [0, 0.1) is 0 Å². The third kappa shape index (κ3) is 31.1. The van der Waals surface area contributed by atoms with Crippen molar-refractivity contribution in [2.45, 2.75) is 213 Å². The maximum absolute atomic E-state index is 12.6. The van der Waals surface area contributed by atoms with Crippen molar-refractivity contribution in [3.8, 4) is 0 Å². The van der Waals surface area contributed by atoms with Crippen LogP contribution in [-0.2, 0) is 14.3 Å². The van der Waals surface area contributed by atoms with Crippen molar-refractivity contribution in [1.29, 1.82) is 0 Å². The highest BCUT2D eigenvalue weighted by Gasteiger charge is 2.15. The lowest BCUT2D eigenvalue weighted by atomic mass is 10.0. The number of amides is 1. The average Bonchev–Trinajstić information content (AvgIpc) is 3.03. The van der Waals surface area contributed by atoms with Gasteiger partial charge in [0.25, 0.3) is 0 Å². The Morgan fingerprint density at radius 1 is 0.533 bits per heavy atom. The zero-order chi connectivity index (χ0) is 33.1. The standard InChI is InChI=1S/C39H77NO5/c1-4-7-10-13-16-17-18-24-29-36-44-39(43)40(34-35-41)33-28-23-19-22-27-32-38(42)45-37(30-25-20-14-11-8-5-2)31-26-21-15-12-9-6-3/h37,41H,4-36H2,1-3H3. The van der Waals surface area contributed by atoms with E-state index in [1.54, 1.807) is 4.90 Å². The van der Waals surface area contributed by atoms with Gasteiger partial charge >= 0.3 is 12.1 Å². The third-order valence-corrected chi connectivity index (χ3v) is 8.97. The van der Waals surface area contributed by atoms with Gasteiger partial charge in [0.15, 0.2) is 0 Å². The number of aliphatic hydroxyl groups is 1. The smallest absolute Gasteiger partial charge is 0.409 e. The molecule has 0 saturated carbocycles. The van der Waals surface area contributed by atoms with Gasteiger partial charge in [-0.2, -0.15) is 0 Å². The van der Waals surface area contributed by atoms with E-state index in [4.69, 9.17) is 9.47 Å². The molecule has 0 aliphatic rings. The second-order valence-corrected chi connectivity index (χ2v) is 13.4. The largest absolute Gasteiger partial charge is 0.462 e. The predicted molar refractivity (Wildman–Crippen MR) is 191 cm³/mol. The van der Waals surface area contributed by atoms with Crippen molar-refractivity contribution in [2.75, 3.05) is 26.3 Å². The highest BCUT2D eigenvalue weighted by molar-refractivity contribution is 5.69. The van der Waals surface area contributed by atoms with Crippen molar-refractivity contribution < 1.29 is 24.2 Å². The number of ether oxygens (including phenoxy) is 2. The maximum atomic E-state index is 12.6. The Morgan fingerprint density at radius 2 is 0.956 bits per heavy atom. The highest BCUT2D eigenvalue weighted by atomic mass is 16.6. The molecule has 268 valence electrons. The van der Waals surface area contributed by atoms with Crippen LogP contribution in [0.2, 0.25) is 0 Å². The fourth-order valence-electron chi connectivity index (χ4n) is 5.99. The first-order valence-corrected chi connectivity index (χ1v) is 19.8. The Kier molecular flexibility index (Phi) is 34.5. The topological polar surface area (TPSA) is 76.1 Å². The number of aliphatic hydroxyl groups excluding tert-OH is 1. The molecule has 0 unspecified atom stereocenters. The Hall–Kier alpha value is -1.30. The number of carbonyl (C=O) groups excluding carboxylic acids is 2.